The number of aliphatic carboxylic acids is 1. The predicted molar refractivity (Wildman–Crippen MR) is 58.1 cm³/mol. The molecule has 0 aliphatic rings. The first-order chi connectivity index (χ1) is 7.59. The summed E-state index contributed by atoms with van der Waals surface area (Å²) in [4.78, 5) is 21.5. The molecule has 0 saturated carbocycles. The summed E-state index contributed by atoms with van der Waals surface area (Å²) in [7, 11) is 0. The van der Waals surface area contributed by atoms with E-state index in [-0.39, 0.29) is 6.61 Å². The topological polar surface area (TPSA) is 63.6 Å². The van der Waals surface area contributed by atoms with E-state index < -0.39 is 23.7 Å². The van der Waals surface area contributed by atoms with Gasteiger partial charge in [0.25, 0.3) is 0 Å². The van der Waals surface area contributed by atoms with Crippen LogP contribution in [0.3, 0.4) is 0 Å². The normalized spacial score (nSPS) is 11.8. The molecule has 4 nitrogen and oxygen atoms in total. The number of halogens is 1. The molecule has 5 heteroatoms. The average molecular weight is 243 g/mol. The van der Waals surface area contributed by atoms with Gasteiger partial charge in [-0.1, -0.05) is 30.3 Å². The van der Waals surface area contributed by atoms with Crippen LogP contribution < -0.4 is 0 Å². The van der Waals surface area contributed by atoms with Crippen molar-refractivity contribution in [3.05, 3.63) is 35.9 Å². The van der Waals surface area contributed by atoms with Crippen LogP contribution in [0.4, 0.5) is 0 Å². The number of alkyl halides is 1. The Morgan fingerprint density at radius 1 is 1.31 bits per heavy atom. The van der Waals surface area contributed by atoms with Gasteiger partial charge >= 0.3 is 11.9 Å². The lowest BCUT2D eigenvalue weighted by atomic mass is 10.2. The van der Waals surface area contributed by atoms with Crippen molar-refractivity contribution in [2.24, 2.45) is 0 Å². The largest absolute Gasteiger partial charge is 0.481 e. The third kappa shape index (κ3) is 4.31. The molecule has 86 valence electrons. The Kier molecular flexibility index (Phi) is 4.79. The minimum atomic E-state index is -1.14. The summed E-state index contributed by atoms with van der Waals surface area (Å²) in [5, 5.41) is 7.29. The Labute approximate surface area is 97.8 Å². The molecule has 0 bridgehead atoms. The van der Waals surface area contributed by atoms with Gasteiger partial charge in [0.15, 0.2) is 0 Å². The summed E-state index contributed by atoms with van der Waals surface area (Å²) in [6, 6.07) is 9.08. The number of carboxylic acids is 1. The van der Waals surface area contributed by atoms with Crippen LogP contribution in [0.2, 0.25) is 0 Å². The molecular weight excluding hydrogens is 232 g/mol. The summed E-state index contributed by atoms with van der Waals surface area (Å²) in [5.41, 5.74) is 0.829. The molecule has 1 atom stereocenters. The minimum absolute atomic E-state index is 0.0997. The maximum atomic E-state index is 11.2. The van der Waals surface area contributed by atoms with Gasteiger partial charge in [-0.05, 0) is 5.56 Å². The number of ether oxygens (including phenoxy) is 1. The molecule has 1 aromatic carbocycles. The highest BCUT2D eigenvalue weighted by atomic mass is 35.5. The molecule has 0 aliphatic heterocycles. The molecular formula is C11H11ClO4. The maximum Gasteiger partial charge on any atom is 0.324 e. The van der Waals surface area contributed by atoms with E-state index in [0.717, 1.165) is 5.56 Å². The fraction of sp³-hybridized carbons (Fsp3) is 0.273. The number of rotatable bonds is 5. The number of hydrogen-bond donors (Lipinski definition) is 1. The minimum Gasteiger partial charge on any atom is -0.481 e. The molecule has 1 rings (SSSR count). The lowest BCUT2D eigenvalue weighted by molar-refractivity contribution is -0.148. The Morgan fingerprint density at radius 2 is 1.94 bits per heavy atom. The fourth-order valence-electron chi connectivity index (χ4n) is 1.06. The first-order valence-electron chi connectivity index (χ1n) is 4.66. The van der Waals surface area contributed by atoms with Gasteiger partial charge in [-0.15, -0.1) is 11.6 Å². The third-order valence-corrected chi connectivity index (χ3v) is 2.17. The smallest absolute Gasteiger partial charge is 0.324 e. The fourth-order valence-corrected chi connectivity index (χ4v) is 1.25. The van der Waals surface area contributed by atoms with E-state index in [9.17, 15) is 9.59 Å². The Morgan fingerprint density at radius 3 is 2.50 bits per heavy atom. The number of hydrogen-bond acceptors (Lipinski definition) is 3. The molecule has 1 aromatic rings. The van der Waals surface area contributed by atoms with Crippen LogP contribution in [0.5, 0.6) is 0 Å². The van der Waals surface area contributed by atoms with Crippen molar-refractivity contribution in [1.82, 2.24) is 0 Å². The Bertz CT molecular complexity index is 364. The highest BCUT2D eigenvalue weighted by Gasteiger charge is 2.20. The monoisotopic (exact) mass is 242 g/mol. The van der Waals surface area contributed by atoms with Crippen LogP contribution in [0.1, 0.15) is 12.0 Å². The Balaban J connectivity index is 2.38. The number of carbonyl (C=O) groups excluding carboxylic acids is 1. The van der Waals surface area contributed by atoms with Crippen LogP contribution in [0, 0.1) is 0 Å². The van der Waals surface area contributed by atoms with Crippen molar-refractivity contribution in [3.8, 4) is 0 Å². The van der Waals surface area contributed by atoms with Crippen molar-refractivity contribution in [2.75, 3.05) is 0 Å². The second-order valence-electron chi connectivity index (χ2n) is 3.16. The maximum absolute atomic E-state index is 11.2. The zero-order valence-electron chi connectivity index (χ0n) is 8.43. The molecule has 0 heterocycles. The summed E-state index contributed by atoms with van der Waals surface area (Å²) < 4.78 is 4.86. The van der Waals surface area contributed by atoms with Crippen molar-refractivity contribution in [2.45, 2.75) is 18.4 Å². The molecule has 0 fully saturated rings. The first kappa shape index (κ1) is 12.5. The van der Waals surface area contributed by atoms with E-state index >= 15 is 0 Å². The van der Waals surface area contributed by atoms with E-state index in [2.05, 4.69) is 0 Å². The molecule has 0 aromatic heterocycles. The van der Waals surface area contributed by atoms with E-state index in [1.54, 1.807) is 12.1 Å². The molecule has 1 N–H and O–H groups in total. The molecule has 0 amide bonds. The number of esters is 1. The zero-order chi connectivity index (χ0) is 12.0. The SMILES string of the molecule is O=C(O)CC(Cl)C(=O)OCc1ccccc1. The molecule has 0 saturated heterocycles. The van der Waals surface area contributed by atoms with Gasteiger partial charge in [0.2, 0.25) is 0 Å². The lowest BCUT2D eigenvalue weighted by Crippen LogP contribution is -2.20. The van der Waals surface area contributed by atoms with Gasteiger partial charge in [-0.25, -0.2) is 0 Å². The van der Waals surface area contributed by atoms with Gasteiger partial charge in [-0.2, -0.15) is 0 Å². The quantitative estimate of drug-likeness (QED) is 0.632. The van der Waals surface area contributed by atoms with Gasteiger partial charge in [-0.3, -0.25) is 9.59 Å². The van der Waals surface area contributed by atoms with Crippen LogP contribution >= 0.6 is 11.6 Å². The van der Waals surface area contributed by atoms with Crippen LogP contribution in [0.25, 0.3) is 0 Å². The number of benzene rings is 1. The standard InChI is InChI=1S/C11H11ClO4/c12-9(6-10(13)14)11(15)16-7-8-4-2-1-3-5-8/h1-5,9H,6-7H2,(H,13,14). The van der Waals surface area contributed by atoms with Crippen molar-refractivity contribution < 1.29 is 19.4 Å². The summed E-state index contributed by atoms with van der Waals surface area (Å²) >= 11 is 5.54. The average Bonchev–Trinajstić information content (AvgIpc) is 2.26. The lowest BCUT2D eigenvalue weighted by Gasteiger charge is -2.07. The van der Waals surface area contributed by atoms with Gasteiger partial charge in [0, 0.05) is 0 Å². The molecule has 0 spiro atoms. The van der Waals surface area contributed by atoms with E-state index in [0.29, 0.717) is 0 Å². The summed E-state index contributed by atoms with van der Waals surface area (Å²) in [5.74, 6) is -1.84. The van der Waals surface area contributed by atoms with Crippen LogP contribution in [-0.4, -0.2) is 22.4 Å². The third-order valence-electron chi connectivity index (χ3n) is 1.83. The first-order valence-corrected chi connectivity index (χ1v) is 5.09. The number of carbonyl (C=O) groups is 2. The highest BCUT2D eigenvalue weighted by Crippen LogP contribution is 2.07. The van der Waals surface area contributed by atoms with Crippen molar-refractivity contribution >= 4 is 23.5 Å². The van der Waals surface area contributed by atoms with Crippen LogP contribution in [0.15, 0.2) is 30.3 Å². The molecule has 1 unspecified atom stereocenters. The number of carboxylic acid groups (broad SMARTS) is 1. The van der Waals surface area contributed by atoms with E-state index in [4.69, 9.17) is 21.4 Å². The van der Waals surface area contributed by atoms with Crippen molar-refractivity contribution in [3.63, 3.8) is 0 Å². The van der Waals surface area contributed by atoms with Gasteiger partial charge in [0.1, 0.15) is 12.0 Å². The molecule has 0 aliphatic carbocycles. The summed E-state index contributed by atoms with van der Waals surface area (Å²) in [6.45, 7) is 0.0997. The van der Waals surface area contributed by atoms with E-state index in [1.165, 1.54) is 0 Å². The van der Waals surface area contributed by atoms with Crippen molar-refractivity contribution in [1.29, 1.82) is 0 Å². The van der Waals surface area contributed by atoms with Crippen LogP contribution in [-0.2, 0) is 20.9 Å². The second kappa shape index (κ2) is 6.12. The predicted octanol–water partition coefficient (Wildman–Crippen LogP) is 1.81. The molecule has 16 heavy (non-hydrogen) atoms. The molecule has 0 radical (unpaired) electrons. The van der Waals surface area contributed by atoms with Gasteiger partial charge < -0.3 is 9.84 Å². The highest BCUT2D eigenvalue weighted by molar-refractivity contribution is 6.30. The second-order valence-corrected chi connectivity index (χ2v) is 3.69. The summed E-state index contributed by atoms with van der Waals surface area (Å²) in [6.07, 6.45) is -0.435. The van der Waals surface area contributed by atoms with E-state index in [1.807, 2.05) is 18.2 Å². The van der Waals surface area contributed by atoms with Gasteiger partial charge in [0.05, 0.1) is 6.42 Å². The Hall–Kier alpha value is -1.55. The zero-order valence-corrected chi connectivity index (χ0v) is 9.18.